The Balaban J connectivity index is 1.49. The van der Waals surface area contributed by atoms with Crippen molar-refractivity contribution in [3.8, 4) is 0 Å². The number of anilines is 1. The number of imide groups is 1. The monoisotopic (exact) mass is 481 g/mol. The van der Waals surface area contributed by atoms with Crippen molar-refractivity contribution >= 4 is 46.7 Å². The Labute approximate surface area is 201 Å². The second-order valence-electron chi connectivity index (χ2n) is 7.94. The normalized spacial score (nSPS) is 17.7. The summed E-state index contributed by atoms with van der Waals surface area (Å²) in [5.74, 6) is -1.05. The Hall–Kier alpha value is -3.35. The number of urea groups is 1. The summed E-state index contributed by atoms with van der Waals surface area (Å²) in [4.78, 5) is 39.4. The molecule has 33 heavy (non-hydrogen) atoms. The Morgan fingerprint density at radius 3 is 2.42 bits per heavy atom. The predicted octanol–water partition coefficient (Wildman–Crippen LogP) is 4.99. The molecular weight excluding hydrogens is 461 g/mol. The second kappa shape index (κ2) is 9.25. The summed E-state index contributed by atoms with van der Waals surface area (Å²) >= 11 is 12.2. The van der Waals surface area contributed by atoms with Crippen molar-refractivity contribution in [2.45, 2.75) is 18.9 Å². The summed E-state index contributed by atoms with van der Waals surface area (Å²) in [6.45, 7) is 1.13. The molecule has 1 saturated heterocycles. The average molecular weight is 482 g/mol. The van der Waals surface area contributed by atoms with Gasteiger partial charge in [0.1, 0.15) is 12.1 Å². The average Bonchev–Trinajstić information content (AvgIpc) is 2.99. The van der Waals surface area contributed by atoms with E-state index in [1.165, 1.54) is 6.07 Å². The number of nitrogens with one attached hydrogen (secondary N) is 2. The molecule has 8 heteroatoms. The lowest BCUT2D eigenvalue weighted by molar-refractivity contribution is -0.133. The van der Waals surface area contributed by atoms with Gasteiger partial charge in [0, 0.05) is 21.3 Å². The quantitative estimate of drug-likeness (QED) is 0.486. The molecule has 3 aromatic carbocycles. The van der Waals surface area contributed by atoms with Crippen LogP contribution < -0.4 is 10.6 Å². The molecule has 0 aromatic heterocycles. The van der Waals surface area contributed by atoms with Crippen LogP contribution in [0.2, 0.25) is 10.0 Å². The van der Waals surface area contributed by atoms with Gasteiger partial charge in [0.15, 0.2) is 0 Å². The SMILES string of the molecule is C[C@@]1(c2ccc(Cl)cc2Cl)NC(=O)N(CC(=O)Nc2ccccc2Cc2ccccc2)C1=O. The van der Waals surface area contributed by atoms with E-state index in [0.29, 0.717) is 22.7 Å². The number of rotatable bonds is 6. The Kier molecular flexibility index (Phi) is 6.40. The van der Waals surface area contributed by atoms with E-state index in [-0.39, 0.29) is 5.02 Å². The number of carbonyl (C=O) groups is 3. The van der Waals surface area contributed by atoms with Crippen LogP contribution in [0.15, 0.2) is 72.8 Å². The van der Waals surface area contributed by atoms with E-state index in [2.05, 4.69) is 10.6 Å². The third kappa shape index (κ3) is 4.72. The van der Waals surface area contributed by atoms with E-state index >= 15 is 0 Å². The number of hydrogen-bond donors (Lipinski definition) is 2. The first-order chi connectivity index (χ1) is 15.8. The maximum absolute atomic E-state index is 13.1. The summed E-state index contributed by atoms with van der Waals surface area (Å²) in [6.07, 6.45) is 0.633. The number of hydrogen-bond acceptors (Lipinski definition) is 3. The Morgan fingerprint density at radius 2 is 1.70 bits per heavy atom. The number of amides is 4. The fourth-order valence-electron chi connectivity index (χ4n) is 3.86. The standard InChI is InChI=1S/C25H21Cl2N3O3/c1-25(19-12-11-18(26)14-20(19)27)23(32)30(24(33)29-25)15-22(31)28-21-10-6-5-9-17(21)13-16-7-3-2-4-8-16/h2-12,14H,13,15H2,1H3,(H,28,31)(H,29,33)/t25-/m0/s1. The lowest BCUT2D eigenvalue weighted by Gasteiger charge is -2.23. The number of carbonyl (C=O) groups excluding carboxylic acids is 3. The number of halogens is 2. The number of para-hydroxylation sites is 1. The van der Waals surface area contributed by atoms with Crippen LogP contribution >= 0.6 is 23.2 Å². The maximum atomic E-state index is 13.1. The molecule has 4 rings (SSSR count). The summed E-state index contributed by atoms with van der Waals surface area (Å²) in [7, 11) is 0. The van der Waals surface area contributed by atoms with Gasteiger partial charge in [-0.25, -0.2) is 4.79 Å². The summed E-state index contributed by atoms with van der Waals surface area (Å²) < 4.78 is 0. The molecule has 168 valence electrons. The number of benzene rings is 3. The smallest absolute Gasteiger partial charge is 0.324 e. The molecule has 1 aliphatic rings. The summed E-state index contributed by atoms with van der Waals surface area (Å²) in [6, 6.07) is 21.3. The highest BCUT2D eigenvalue weighted by atomic mass is 35.5. The van der Waals surface area contributed by atoms with Crippen LogP contribution in [0.3, 0.4) is 0 Å². The second-order valence-corrected chi connectivity index (χ2v) is 8.78. The van der Waals surface area contributed by atoms with Gasteiger partial charge in [-0.1, -0.05) is 77.8 Å². The molecule has 6 nitrogen and oxygen atoms in total. The first-order valence-electron chi connectivity index (χ1n) is 10.3. The highest BCUT2D eigenvalue weighted by Crippen LogP contribution is 2.35. The molecule has 2 N–H and O–H groups in total. The molecule has 1 atom stereocenters. The highest BCUT2D eigenvalue weighted by Gasteiger charge is 2.50. The minimum Gasteiger partial charge on any atom is -0.324 e. The molecule has 0 unspecified atom stereocenters. The van der Waals surface area contributed by atoms with Gasteiger partial charge in [0.25, 0.3) is 5.91 Å². The van der Waals surface area contributed by atoms with Crippen LogP contribution in [0.5, 0.6) is 0 Å². The van der Waals surface area contributed by atoms with Gasteiger partial charge in [-0.15, -0.1) is 0 Å². The van der Waals surface area contributed by atoms with Crippen molar-refractivity contribution in [1.82, 2.24) is 10.2 Å². The topological polar surface area (TPSA) is 78.5 Å². The van der Waals surface area contributed by atoms with E-state index in [9.17, 15) is 14.4 Å². The highest BCUT2D eigenvalue weighted by molar-refractivity contribution is 6.35. The molecule has 0 radical (unpaired) electrons. The van der Waals surface area contributed by atoms with Gasteiger partial charge in [0.2, 0.25) is 5.91 Å². The number of nitrogens with zero attached hydrogens (tertiary/aromatic N) is 1. The zero-order valence-corrected chi connectivity index (χ0v) is 19.3. The van der Waals surface area contributed by atoms with Gasteiger partial charge in [0.05, 0.1) is 0 Å². The van der Waals surface area contributed by atoms with Crippen LogP contribution in [0.4, 0.5) is 10.5 Å². The van der Waals surface area contributed by atoms with Crippen LogP contribution in [0, 0.1) is 0 Å². The maximum Gasteiger partial charge on any atom is 0.325 e. The van der Waals surface area contributed by atoms with Crippen LogP contribution in [-0.4, -0.2) is 29.3 Å². The van der Waals surface area contributed by atoms with E-state index in [0.717, 1.165) is 16.0 Å². The summed E-state index contributed by atoms with van der Waals surface area (Å²) in [5, 5.41) is 6.14. The Morgan fingerprint density at radius 1 is 1.00 bits per heavy atom. The lowest BCUT2D eigenvalue weighted by Crippen LogP contribution is -2.42. The fraction of sp³-hybridized carbons (Fsp3) is 0.160. The molecule has 1 aliphatic heterocycles. The van der Waals surface area contributed by atoms with Crippen LogP contribution in [0.1, 0.15) is 23.6 Å². The van der Waals surface area contributed by atoms with Crippen molar-refractivity contribution in [3.63, 3.8) is 0 Å². The predicted molar refractivity (Wildman–Crippen MR) is 128 cm³/mol. The van der Waals surface area contributed by atoms with Gasteiger partial charge >= 0.3 is 6.03 Å². The van der Waals surface area contributed by atoms with Crippen molar-refractivity contribution < 1.29 is 14.4 Å². The van der Waals surface area contributed by atoms with Gasteiger partial charge in [-0.05, 0) is 42.7 Å². The van der Waals surface area contributed by atoms with E-state index in [1.807, 2.05) is 48.5 Å². The van der Waals surface area contributed by atoms with Crippen LogP contribution in [-0.2, 0) is 21.5 Å². The third-order valence-electron chi connectivity index (χ3n) is 5.58. The molecule has 1 heterocycles. The van der Waals surface area contributed by atoms with Crippen molar-refractivity contribution in [2.24, 2.45) is 0 Å². The fourth-order valence-corrected chi connectivity index (χ4v) is 4.46. The largest absolute Gasteiger partial charge is 0.325 e. The minimum absolute atomic E-state index is 0.250. The van der Waals surface area contributed by atoms with Gasteiger partial charge < -0.3 is 10.6 Å². The van der Waals surface area contributed by atoms with Crippen molar-refractivity contribution in [1.29, 1.82) is 0 Å². The molecular formula is C25H21Cl2N3O3. The molecule has 1 fully saturated rings. The van der Waals surface area contributed by atoms with Crippen molar-refractivity contribution in [3.05, 3.63) is 99.5 Å². The van der Waals surface area contributed by atoms with Gasteiger partial charge in [-0.3, -0.25) is 14.5 Å². The molecule has 0 spiro atoms. The van der Waals surface area contributed by atoms with E-state index in [1.54, 1.807) is 25.1 Å². The first kappa shape index (κ1) is 22.8. The van der Waals surface area contributed by atoms with Gasteiger partial charge in [-0.2, -0.15) is 0 Å². The van der Waals surface area contributed by atoms with Crippen molar-refractivity contribution in [2.75, 3.05) is 11.9 Å². The lowest BCUT2D eigenvalue weighted by atomic mass is 9.92. The zero-order valence-electron chi connectivity index (χ0n) is 17.8. The third-order valence-corrected chi connectivity index (χ3v) is 6.12. The minimum atomic E-state index is -1.40. The molecule has 4 amide bonds. The molecule has 0 bridgehead atoms. The molecule has 0 saturated carbocycles. The molecule has 0 aliphatic carbocycles. The zero-order chi connectivity index (χ0) is 23.6. The van der Waals surface area contributed by atoms with E-state index in [4.69, 9.17) is 23.2 Å². The van der Waals surface area contributed by atoms with E-state index < -0.39 is 29.9 Å². The molecule has 3 aromatic rings. The first-order valence-corrected chi connectivity index (χ1v) is 11.0. The Bertz CT molecular complexity index is 1230. The van der Waals surface area contributed by atoms with Crippen LogP contribution in [0.25, 0.3) is 0 Å². The summed E-state index contributed by atoms with van der Waals surface area (Å²) in [5.41, 5.74) is 1.66.